The molecule has 0 radical (unpaired) electrons. The van der Waals surface area contributed by atoms with E-state index in [-0.39, 0.29) is 5.41 Å². The van der Waals surface area contributed by atoms with Gasteiger partial charge in [0.25, 0.3) is 0 Å². The van der Waals surface area contributed by atoms with Crippen LogP contribution in [-0.4, -0.2) is 4.98 Å². The Labute approximate surface area is 263 Å². The highest BCUT2D eigenvalue weighted by molar-refractivity contribution is 6.22. The Bertz CT molecular complexity index is 2440. The number of pyridine rings is 1. The van der Waals surface area contributed by atoms with E-state index in [1.54, 1.807) is 0 Å². The van der Waals surface area contributed by atoms with E-state index in [2.05, 4.69) is 153 Å². The molecule has 1 heterocycles. The molecule has 0 saturated carbocycles. The molecule has 7 aromatic carbocycles. The number of fused-ring (bicyclic) bond motifs is 6. The Morgan fingerprint density at radius 2 is 1.07 bits per heavy atom. The van der Waals surface area contributed by atoms with E-state index in [0.717, 1.165) is 5.69 Å². The maximum Gasteiger partial charge on any atom is 0.0714 e. The topological polar surface area (TPSA) is 12.9 Å². The monoisotopic (exact) mass is 573 g/mol. The largest absolute Gasteiger partial charge is 0.256 e. The van der Waals surface area contributed by atoms with E-state index in [9.17, 15) is 0 Å². The first-order valence-electron chi connectivity index (χ1n) is 15.7. The molecule has 0 spiro atoms. The lowest BCUT2D eigenvalue weighted by molar-refractivity contribution is 0.660. The molecular weight excluding hydrogens is 542 g/mol. The molecule has 1 nitrogen and oxygen atoms in total. The third kappa shape index (κ3) is 3.84. The van der Waals surface area contributed by atoms with Crippen LogP contribution in [0.2, 0.25) is 0 Å². The second-order valence-corrected chi connectivity index (χ2v) is 12.7. The highest BCUT2D eigenvalue weighted by Crippen LogP contribution is 2.51. The zero-order valence-electron chi connectivity index (χ0n) is 25.4. The van der Waals surface area contributed by atoms with Gasteiger partial charge in [0.15, 0.2) is 0 Å². The van der Waals surface area contributed by atoms with Gasteiger partial charge in [-0.1, -0.05) is 135 Å². The van der Waals surface area contributed by atoms with Crippen molar-refractivity contribution in [1.82, 2.24) is 4.98 Å². The lowest BCUT2D eigenvalue weighted by Crippen LogP contribution is -2.14. The lowest BCUT2D eigenvalue weighted by Gasteiger charge is -2.22. The van der Waals surface area contributed by atoms with Crippen molar-refractivity contribution in [2.75, 3.05) is 0 Å². The quantitative estimate of drug-likeness (QED) is 0.192. The average molecular weight is 574 g/mol. The molecule has 9 rings (SSSR count). The van der Waals surface area contributed by atoms with Gasteiger partial charge in [0, 0.05) is 17.2 Å². The average Bonchev–Trinajstić information content (AvgIpc) is 3.32. The zero-order chi connectivity index (χ0) is 30.1. The van der Waals surface area contributed by atoms with Crippen molar-refractivity contribution in [2.45, 2.75) is 19.3 Å². The van der Waals surface area contributed by atoms with Gasteiger partial charge in [-0.15, -0.1) is 0 Å². The molecule has 0 N–H and O–H groups in total. The van der Waals surface area contributed by atoms with E-state index in [1.807, 2.05) is 12.3 Å². The van der Waals surface area contributed by atoms with Gasteiger partial charge in [0.2, 0.25) is 0 Å². The minimum atomic E-state index is -0.0288. The normalized spacial score (nSPS) is 13.3. The third-order valence-electron chi connectivity index (χ3n) is 9.92. The number of hydrogen-bond acceptors (Lipinski definition) is 1. The fourth-order valence-corrected chi connectivity index (χ4v) is 7.80. The van der Waals surface area contributed by atoms with Gasteiger partial charge in [-0.05, 0) is 101 Å². The molecule has 1 heteroatoms. The van der Waals surface area contributed by atoms with Crippen molar-refractivity contribution in [3.05, 3.63) is 163 Å². The summed E-state index contributed by atoms with van der Waals surface area (Å²) in [7, 11) is 0. The van der Waals surface area contributed by atoms with Gasteiger partial charge in [-0.25, -0.2) is 0 Å². The highest BCUT2D eigenvalue weighted by atomic mass is 14.7. The predicted molar refractivity (Wildman–Crippen MR) is 191 cm³/mol. The van der Waals surface area contributed by atoms with Gasteiger partial charge in [-0.3, -0.25) is 4.98 Å². The zero-order valence-corrected chi connectivity index (χ0v) is 25.4. The molecule has 1 aromatic heterocycles. The molecule has 0 fully saturated rings. The minimum absolute atomic E-state index is 0.0288. The van der Waals surface area contributed by atoms with Gasteiger partial charge in [0.05, 0.1) is 5.69 Å². The predicted octanol–water partition coefficient (Wildman–Crippen LogP) is 11.8. The molecule has 0 amide bonds. The molecule has 0 aliphatic heterocycles. The lowest BCUT2D eigenvalue weighted by atomic mass is 9.81. The molecular formula is C44H31N. The SMILES string of the molecule is CC1(C)c2ccccc2-c2cc(-c3c4ccccc4c(-c4ccccn4)c4ccc(-c5cccc6ccccc56)cc34)ccc21. The Morgan fingerprint density at radius 1 is 0.422 bits per heavy atom. The van der Waals surface area contributed by atoms with E-state index in [1.165, 1.54) is 82.4 Å². The van der Waals surface area contributed by atoms with Crippen molar-refractivity contribution in [3.8, 4) is 44.6 Å². The van der Waals surface area contributed by atoms with Crippen molar-refractivity contribution < 1.29 is 0 Å². The summed E-state index contributed by atoms with van der Waals surface area (Å²) in [6.45, 7) is 4.69. The molecule has 0 bridgehead atoms. The maximum atomic E-state index is 4.86. The summed E-state index contributed by atoms with van der Waals surface area (Å²) in [5, 5.41) is 7.44. The van der Waals surface area contributed by atoms with E-state index in [0.29, 0.717) is 0 Å². The van der Waals surface area contributed by atoms with Gasteiger partial charge >= 0.3 is 0 Å². The van der Waals surface area contributed by atoms with Crippen LogP contribution in [0, 0.1) is 0 Å². The summed E-state index contributed by atoms with van der Waals surface area (Å²) in [6, 6.07) is 53.4. The Hall–Kier alpha value is -5.53. The molecule has 0 unspecified atom stereocenters. The van der Waals surface area contributed by atoms with Crippen LogP contribution in [0.15, 0.2) is 152 Å². The van der Waals surface area contributed by atoms with Crippen LogP contribution in [0.1, 0.15) is 25.0 Å². The Balaban J connectivity index is 1.40. The molecule has 45 heavy (non-hydrogen) atoms. The highest BCUT2D eigenvalue weighted by Gasteiger charge is 2.35. The summed E-state index contributed by atoms with van der Waals surface area (Å²) >= 11 is 0. The van der Waals surface area contributed by atoms with Crippen molar-refractivity contribution in [3.63, 3.8) is 0 Å². The molecule has 8 aromatic rings. The summed E-state index contributed by atoms with van der Waals surface area (Å²) in [5.74, 6) is 0. The second-order valence-electron chi connectivity index (χ2n) is 12.7. The van der Waals surface area contributed by atoms with E-state index < -0.39 is 0 Å². The summed E-state index contributed by atoms with van der Waals surface area (Å²) < 4.78 is 0. The minimum Gasteiger partial charge on any atom is -0.256 e. The van der Waals surface area contributed by atoms with E-state index >= 15 is 0 Å². The van der Waals surface area contributed by atoms with E-state index in [4.69, 9.17) is 4.98 Å². The first-order valence-corrected chi connectivity index (χ1v) is 15.7. The number of hydrogen-bond donors (Lipinski definition) is 0. The van der Waals surface area contributed by atoms with Crippen LogP contribution in [0.25, 0.3) is 77.0 Å². The summed E-state index contributed by atoms with van der Waals surface area (Å²) in [6.07, 6.45) is 1.90. The Morgan fingerprint density at radius 3 is 1.91 bits per heavy atom. The van der Waals surface area contributed by atoms with Crippen molar-refractivity contribution in [1.29, 1.82) is 0 Å². The van der Waals surface area contributed by atoms with Crippen LogP contribution in [0.3, 0.4) is 0 Å². The van der Waals surface area contributed by atoms with Gasteiger partial charge in [0.1, 0.15) is 0 Å². The maximum absolute atomic E-state index is 4.86. The van der Waals surface area contributed by atoms with Crippen LogP contribution < -0.4 is 0 Å². The molecule has 1 aliphatic carbocycles. The molecule has 0 atom stereocenters. The second kappa shape index (κ2) is 9.74. The fourth-order valence-electron chi connectivity index (χ4n) is 7.80. The van der Waals surface area contributed by atoms with Crippen LogP contribution in [-0.2, 0) is 5.41 Å². The molecule has 212 valence electrons. The standard InChI is InChI=1S/C44H31N/c1-44(2)39-19-8-7-15-33(39)37-27-30(22-24-40(37)44)42-34-16-5-6-17-35(34)43(41-20-9-10-25-45-41)36-23-21-29(26-38(36)42)32-18-11-13-28-12-3-4-14-31(28)32/h3-27H,1-2H3. The number of aromatic nitrogens is 1. The van der Waals surface area contributed by atoms with Gasteiger partial charge < -0.3 is 0 Å². The first kappa shape index (κ1) is 25.9. The number of nitrogens with zero attached hydrogens (tertiary/aromatic N) is 1. The van der Waals surface area contributed by atoms with Crippen molar-refractivity contribution in [2.24, 2.45) is 0 Å². The molecule has 1 aliphatic rings. The van der Waals surface area contributed by atoms with Crippen LogP contribution in [0.4, 0.5) is 0 Å². The summed E-state index contributed by atoms with van der Waals surface area (Å²) in [4.78, 5) is 4.86. The first-order chi connectivity index (χ1) is 22.1. The fraction of sp³-hybridized carbons (Fsp3) is 0.0682. The van der Waals surface area contributed by atoms with Crippen LogP contribution >= 0.6 is 0 Å². The summed E-state index contributed by atoms with van der Waals surface area (Å²) in [5.41, 5.74) is 12.6. The van der Waals surface area contributed by atoms with Crippen molar-refractivity contribution >= 4 is 32.3 Å². The smallest absolute Gasteiger partial charge is 0.0714 e. The molecule has 0 saturated heterocycles. The number of rotatable bonds is 3. The van der Waals surface area contributed by atoms with Gasteiger partial charge in [-0.2, -0.15) is 0 Å². The van der Waals surface area contributed by atoms with Crippen LogP contribution in [0.5, 0.6) is 0 Å². The number of benzene rings is 7. The third-order valence-corrected chi connectivity index (χ3v) is 9.92. The Kier molecular flexibility index (Phi) is 5.61.